The maximum atomic E-state index is 12.8. The van der Waals surface area contributed by atoms with Gasteiger partial charge in [0.15, 0.2) is 0 Å². The number of alkyl halides is 1. The molecule has 46 heteroatoms. The van der Waals surface area contributed by atoms with Gasteiger partial charge in [0, 0.05) is 165 Å². The van der Waals surface area contributed by atoms with Crippen molar-refractivity contribution < 1.29 is 172 Å². The first-order valence-corrected chi connectivity index (χ1v) is 47.2. The molecular formula is C91H106BIN15Na2O21S5U. The van der Waals surface area contributed by atoms with Crippen LogP contribution in [0.25, 0.3) is 17.1 Å². The third kappa shape index (κ3) is 57.8. The van der Waals surface area contributed by atoms with Crippen LogP contribution in [0.3, 0.4) is 0 Å². The van der Waals surface area contributed by atoms with Crippen LogP contribution in [0.2, 0.25) is 0 Å². The third-order valence-electron chi connectivity index (χ3n) is 15.7. The monoisotopic (exact) mass is 2330 g/mol. The Bertz CT molecular complexity index is 5760. The number of amides is 8. The zero-order chi connectivity index (χ0) is 102. The van der Waals surface area contributed by atoms with Gasteiger partial charge >= 0.3 is 95.1 Å². The summed E-state index contributed by atoms with van der Waals surface area (Å²) < 4.78 is 39.7. The van der Waals surface area contributed by atoms with Crippen molar-refractivity contribution in [2.75, 3.05) is 97.6 Å². The fourth-order valence-electron chi connectivity index (χ4n) is 9.46. The molecule has 3 aromatic heterocycles. The topological polar surface area (TPSA) is 574 Å². The summed E-state index contributed by atoms with van der Waals surface area (Å²) in [6.45, 7) is 3.34. The molecule has 0 fully saturated rings. The molecule has 1 unspecified atom stereocenters. The number of nitrogens with one attached hydrogen (secondary N) is 8. The Balaban J connectivity index is -0.000000520. The van der Waals surface area contributed by atoms with Gasteiger partial charge in [-0.15, -0.1) is 30.8 Å². The number of carbonyl (C=O) groups excluding carboxylic acids is 6. The number of benzene rings is 7. The molecule has 8 amide bonds. The van der Waals surface area contributed by atoms with E-state index in [2.05, 4.69) is 106 Å². The number of pyridine rings is 3. The van der Waals surface area contributed by atoms with E-state index in [-0.39, 0.29) is 139 Å². The van der Waals surface area contributed by atoms with E-state index in [4.69, 9.17) is 69.6 Å². The van der Waals surface area contributed by atoms with Crippen LogP contribution in [-0.2, 0) is 43.5 Å². The van der Waals surface area contributed by atoms with Gasteiger partial charge in [0.1, 0.15) is 45.7 Å². The first kappa shape index (κ1) is 130. The Hall–Kier alpha value is -10.9. The van der Waals surface area contributed by atoms with Crippen LogP contribution in [0, 0.1) is 80.0 Å². The summed E-state index contributed by atoms with van der Waals surface area (Å²) in [4.78, 5) is 151. The number of nitrogens with two attached hydrogens (primary N) is 3. The standard InChI is InChI=1S/C24H22N4O5S.C24H22N4O3S.C12H16N2O3S.C11H10N2O.C8H5NO.C4H9NO2S.C3H7NO2S.C2H5O.CH3I.CH2O3.CH4.BH2.2Na.U/c1-3-17-7-9-19(10-8-17)26-24(31)27-21(16-34(2,32)33)23(30)25-18-11-13-20(14-12-18)28-15-5-4-6-22(28)29;1-3-17-7-9-19(10-8-17)26-24(31)27-21(16-32-2)23(30)25-18-11-13-20(14-12-18)28-15-5-4-6-22(28)29;1-8-3-5-9(6-4-8)13-12(17)14-10(7-18-2)11(15)16;12-9-4-6-10(7-5-9)13-8-2-1-3-11(13)14;1-2-7-3-5-8(9-10)6-4-7;1-8-2-3(5)4(6)7;4-2(1-7)3(5)6;1-2-3;1-2;2-1-4-3;;;;;/h1,4-15,21H,16H2,2H3,(H,25,30)(H2,26,27,31);1,4-15,21H,16H2,2H3,(H,25,30)(H2,26,27,31);3-6,10H,7H2,1-2H3,(H,15,16)(H2,13,14,17);1-8H,12H2;1,3-6H;3H,2,5H2,1H3,(H,6,7);2,7H,1,4H2,(H,5,6);2H2,1H3;1H3;1,3H;1H4;1H2;;;/q;;;;;;;-1;;;;;2*+1;/p-1/t2*21-;;;;3-;2-;;;;;;;;/m11...11......../s1/i;;;;;;;;;;;1T2;;;. The number of nitroso groups, excluding NO2 is 1. The number of carboxylic acids is 3. The fraction of sp³-hybridized carbons (Fsp3) is 0.209. The van der Waals surface area contributed by atoms with E-state index in [0.29, 0.717) is 87.9 Å². The number of nitrogens with zero attached hydrogens (tertiary/aromatic N) is 4. The van der Waals surface area contributed by atoms with Crippen LogP contribution in [0.4, 0.5) is 54.2 Å². The summed E-state index contributed by atoms with van der Waals surface area (Å²) in [5.41, 5.74) is 24.1. The molecule has 0 aliphatic rings. The molecule has 10 rings (SSSR count). The minimum absolute atomic E-state index is 0. The molecule has 17 N–H and O–H groups in total. The molecule has 0 saturated carbocycles. The number of thiol groups is 1. The molecule has 36 nitrogen and oxygen atoms in total. The number of urea groups is 3. The molecule has 0 bridgehead atoms. The van der Waals surface area contributed by atoms with Gasteiger partial charge in [-0.25, -0.2) is 27.6 Å². The van der Waals surface area contributed by atoms with Crippen LogP contribution in [0.1, 0.15) is 36.6 Å². The number of hydrogen-bond donors (Lipinski definition) is 15. The van der Waals surface area contributed by atoms with E-state index in [1.807, 2.05) is 54.7 Å². The van der Waals surface area contributed by atoms with Crippen LogP contribution in [-0.4, -0.2) is 198 Å². The number of nitrogen functional groups attached to an aromatic ring is 1. The van der Waals surface area contributed by atoms with E-state index >= 15 is 0 Å². The number of aromatic nitrogens is 3. The second-order valence-corrected chi connectivity index (χ2v) is 31.1. The summed E-state index contributed by atoms with van der Waals surface area (Å²) in [6, 6.07) is 56.0. The number of aliphatic carboxylic acids is 3. The molecular weight excluding hydrogens is 2220 g/mol. The van der Waals surface area contributed by atoms with Gasteiger partial charge in [0.2, 0.25) is 11.8 Å². The van der Waals surface area contributed by atoms with E-state index in [1.54, 1.807) is 212 Å². The fourth-order valence-corrected chi connectivity index (χ4v) is 12.1. The minimum atomic E-state index is -3.60. The molecule has 0 spiro atoms. The van der Waals surface area contributed by atoms with Gasteiger partial charge in [0.25, 0.3) is 23.2 Å². The Labute approximate surface area is 899 Å². The second kappa shape index (κ2) is 78.1. The molecule has 1 radical (unpaired) electrons. The predicted molar refractivity (Wildman–Crippen MR) is 546 cm³/mol. The van der Waals surface area contributed by atoms with Crippen molar-refractivity contribution in [3.8, 4) is 54.1 Å². The van der Waals surface area contributed by atoms with Crippen molar-refractivity contribution in [3.63, 3.8) is 0 Å². The van der Waals surface area contributed by atoms with Gasteiger partial charge < -0.3 is 90.3 Å². The number of carboxylic acid groups (broad SMARTS) is 3. The SMILES string of the molecule is C.C#Cc1ccc(N=O)cc1.C#Cc1ccc(NC(=O)N[C@H](CS(C)(=O)=O)C(=O)Nc2ccc(-n3ccccc3=O)cc2)cc1.C#Cc1ccc(NC(=O)N[C@H](CSC)C(=O)Nc2ccc(-n3ccccc3=O)cc2)cc1.CC[O-].CI.CSCC(NC(=O)Nc1ccc(C)cc1)C(=O)O.CSC[C@@H](N)C(=O)O.N[C@H](CS)C(=O)O.Nc1ccc(-n2ccccc2=O)cc1.O=CO[O-].[3H][B][3H].[Na+].[Na+].[U]. The van der Waals surface area contributed by atoms with Gasteiger partial charge in [-0.1, -0.05) is 90.6 Å². The van der Waals surface area contributed by atoms with Crippen LogP contribution < -0.4 is 146 Å². The minimum Gasteiger partial charge on any atom is -0.855 e. The van der Waals surface area contributed by atoms with Crippen molar-refractivity contribution in [2.45, 2.75) is 51.5 Å². The maximum absolute atomic E-state index is 12.8. The number of hydrogen-bond acceptors (Lipinski definition) is 26. The Morgan fingerprint density at radius 2 is 0.818 bits per heavy atom. The van der Waals surface area contributed by atoms with Gasteiger partial charge in [0.05, 0.1) is 14.1 Å². The summed E-state index contributed by atoms with van der Waals surface area (Å²) >= 11 is 10.0. The third-order valence-corrected chi connectivity index (χ3v) is 19.1. The molecule has 5 atom stereocenters. The number of rotatable bonds is 27. The maximum Gasteiger partial charge on any atom is 1.00 e. The molecule has 7 aromatic carbocycles. The summed E-state index contributed by atoms with van der Waals surface area (Å²) in [7, 11) is -3.10. The number of terminal acetylenes is 3. The van der Waals surface area contributed by atoms with E-state index in [9.17, 15) is 66.1 Å². The number of anilines is 6. The van der Waals surface area contributed by atoms with Gasteiger partial charge in [-0.2, -0.15) is 47.9 Å². The zero-order valence-electron chi connectivity index (χ0n) is 77.3. The predicted octanol–water partition coefficient (Wildman–Crippen LogP) is 2.39. The van der Waals surface area contributed by atoms with Crippen molar-refractivity contribution in [1.82, 2.24) is 29.7 Å². The Kier molecular flexibility index (Phi) is 74.3. The van der Waals surface area contributed by atoms with Gasteiger partial charge in [-0.05, 0) is 214 Å². The zero-order valence-corrected chi connectivity index (χ0v) is 89.8. The second-order valence-electron chi connectivity index (χ2n) is 25.8. The Morgan fingerprint density at radius 3 is 1.09 bits per heavy atom. The molecule has 717 valence electrons. The number of carbonyl (C=O) groups is 9. The Morgan fingerprint density at radius 1 is 0.533 bits per heavy atom. The number of thioether (sulfide) groups is 3. The molecule has 0 saturated heterocycles. The summed E-state index contributed by atoms with van der Waals surface area (Å²) in [5.74, 6) is 4.16. The van der Waals surface area contributed by atoms with Crippen LogP contribution in [0.15, 0.2) is 263 Å². The number of aryl methyl sites for hydroxylation is 1. The summed E-state index contributed by atoms with van der Waals surface area (Å²) in [5, 5.41) is 65.9. The average Bonchev–Trinajstić information content (AvgIpc) is 0.806. The first-order valence-electron chi connectivity index (χ1n) is 39.3. The number of halogens is 1. The van der Waals surface area contributed by atoms with Crippen molar-refractivity contribution in [3.05, 3.63) is 301 Å². The van der Waals surface area contributed by atoms with E-state index in [1.165, 1.54) is 62.6 Å². The van der Waals surface area contributed by atoms with E-state index in [0.717, 1.165) is 23.1 Å². The van der Waals surface area contributed by atoms with Crippen molar-refractivity contribution in [2.24, 2.45) is 16.6 Å². The smallest absolute Gasteiger partial charge is 0.855 e. The van der Waals surface area contributed by atoms with Crippen molar-refractivity contribution >= 4 is 183 Å². The van der Waals surface area contributed by atoms with Gasteiger partial charge in [-0.3, -0.25) is 52.1 Å². The number of sulfone groups is 1. The van der Waals surface area contributed by atoms with Crippen LogP contribution in [0.5, 0.6) is 0 Å². The molecule has 137 heavy (non-hydrogen) atoms. The first-order chi connectivity index (χ1) is 64.4. The normalized spacial score (nSPS) is 10.6. The largest absolute Gasteiger partial charge is 1.00 e. The molecule has 0 aliphatic carbocycles. The average molecular weight is 2330 g/mol. The molecule has 0 aliphatic heterocycles. The van der Waals surface area contributed by atoms with Crippen molar-refractivity contribution in [1.29, 1.82) is 2.67 Å². The molecule has 10 aromatic rings. The quantitative estimate of drug-likeness (QED) is 0.00336. The van der Waals surface area contributed by atoms with Crippen LogP contribution >= 0.6 is 70.5 Å². The van der Waals surface area contributed by atoms with E-state index < -0.39 is 87.7 Å². The summed E-state index contributed by atoms with van der Waals surface area (Å²) in [6.07, 6.45) is 27.2. The molecule has 3 heterocycles.